The lowest BCUT2D eigenvalue weighted by atomic mass is 9.94. The molecule has 7 aromatic rings. The number of pyridine rings is 1. The van der Waals surface area contributed by atoms with Gasteiger partial charge in [-0.1, -0.05) is 48.5 Å². The van der Waals surface area contributed by atoms with Gasteiger partial charge in [-0.05, 0) is 76.0 Å². The Labute approximate surface area is 214 Å². The van der Waals surface area contributed by atoms with E-state index in [-0.39, 0.29) is 0 Å². The number of aryl methyl sites for hydroxylation is 2. The number of nitrogens with zero attached hydrogens (tertiary/aromatic N) is 2. The van der Waals surface area contributed by atoms with Crippen LogP contribution in [0.25, 0.3) is 65.9 Å². The molecule has 0 N–H and O–H groups in total. The van der Waals surface area contributed by atoms with Crippen LogP contribution in [0.3, 0.4) is 0 Å². The maximum atomic E-state index is 10.1. The van der Waals surface area contributed by atoms with E-state index in [0.29, 0.717) is 5.56 Å². The Morgan fingerprint density at radius 3 is 2.11 bits per heavy atom. The second-order valence-corrected chi connectivity index (χ2v) is 9.67. The molecule has 0 radical (unpaired) electrons. The highest BCUT2D eigenvalue weighted by atomic mass is 16.3. The number of aromatic nitrogens is 1. The molecule has 0 saturated carbocycles. The first-order valence-corrected chi connectivity index (χ1v) is 12.4. The van der Waals surface area contributed by atoms with Crippen LogP contribution in [0.2, 0.25) is 0 Å². The van der Waals surface area contributed by atoms with Crippen molar-refractivity contribution in [3.05, 3.63) is 114 Å². The number of rotatable bonds is 2. The number of benzene rings is 5. The normalized spacial score (nSPS) is 11.5. The van der Waals surface area contributed by atoms with Gasteiger partial charge in [-0.3, -0.25) is 0 Å². The highest BCUT2D eigenvalue weighted by molar-refractivity contribution is 6.14. The van der Waals surface area contributed by atoms with Crippen molar-refractivity contribution in [2.75, 3.05) is 0 Å². The summed E-state index contributed by atoms with van der Waals surface area (Å²) in [5.74, 6) is 0. The fraction of sp³-hybridized carbons (Fsp3) is 0.0588. The lowest BCUT2D eigenvalue weighted by molar-refractivity contribution is -0.660. The van der Waals surface area contributed by atoms with Crippen LogP contribution in [-0.2, 0) is 7.05 Å². The molecule has 2 aromatic heterocycles. The van der Waals surface area contributed by atoms with Gasteiger partial charge in [-0.2, -0.15) is 5.26 Å². The van der Waals surface area contributed by atoms with Crippen molar-refractivity contribution in [2.45, 2.75) is 6.92 Å². The van der Waals surface area contributed by atoms with Crippen molar-refractivity contribution < 1.29 is 8.98 Å². The maximum Gasteiger partial charge on any atom is 0.216 e. The summed E-state index contributed by atoms with van der Waals surface area (Å²) in [6.45, 7) is 2.12. The van der Waals surface area contributed by atoms with E-state index in [2.05, 4.69) is 90.4 Å². The third kappa shape index (κ3) is 3.23. The molecule has 0 aliphatic carbocycles. The zero-order chi connectivity index (χ0) is 25.1. The molecule has 7 rings (SSSR count). The van der Waals surface area contributed by atoms with E-state index in [1.165, 1.54) is 16.2 Å². The van der Waals surface area contributed by atoms with Gasteiger partial charge in [0.2, 0.25) is 5.69 Å². The molecule has 174 valence electrons. The lowest BCUT2D eigenvalue weighted by Crippen LogP contribution is -2.30. The van der Waals surface area contributed by atoms with E-state index >= 15 is 0 Å². The molecule has 0 atom stereocenters. The average molecular weight is 476 g/mol. The summed E-state index contributed by atoms with van der Waals surface area (Å²) in [4.78, 5) is 0. The fourth-order valence-corrected chi connectivity index (χ4v) is 5.58. The summed E-state index contributed by atoms with van der Waals surface area (Å²) in [6.07, 6.45) is 2.05. The second-order valence-electron chi connectivity index (χ2n) is 9.67. The number of hydrogen-bond acceptors (Lipinski definition) is 2. The summed E-state index contributed by atoms with van der Waals surface area (Å²) < 4.78 is 8.84. The van der Waals surface area contributed by atoms with Gasteiger partial charge in [0, 0.05) is 28.5 Å². The predicted molar refractivity (Wildman–Crippen MR) is 150 cm³/mol. The van der Waals surface area contributed by atoms with Crippen molar-refractivity contribution in [1.82, 2.24) is 0 Å². The average Bonchev–Trinajstić information content (AvgIpc) is 3.30. The van der Waals surface area contributed by atoms with Crippen LogP contribution in [-0.4, -0.2) is 0 Å². The molecular weight excluding hydrogens is 452 g/mol. The minimum Gasteiger partial charge on any atom is -0.454 e. The standard InChI is InChI=1S/C34H23N2O/c1-21-10-14-28-29-15-13-26(20-35)32(34(29)37-33(28)31(21)30-9-5-6-16-36(30)2)25-12-11-24-17-22-7-3-4-8-23(22)18-27(24)19-25/h3-19H,1-2H3/q+1. The topological polar surface area (TPSA) is 40.8 Å². The molecule has 2 heterocycles. The van der Waals surface area contributed by atoms with Gasteiger partial charge in [0.25, 0.3) is 0 Å². The van der Waals surface area contributed by atoms with Crippen LogP contribution in [0.4, 0.5) is 0 Å². The number of nitriles is 1. The van der Waals surface area contributed by atoms with Gasteiger partial charge in [0.15, 0.2) is 6.20 Å². The molecule has 3 nitrogen and oxygen atoms in total. The fourth-order valence-electron chi connectivity index (χ4n) is 5.58. The van der Waals surface area contributed by atoms with Crippen LogP contribution in [0.15, 0.2) is 108 Å². The molecule has 0 amide bonds. The van der Waals surface area contributed by atoms with Crippen molar-refractivity contribution in [2.24, 2.45) is 7.05 Å². The van der Waals surface area contributed by atoms with E-state index in [4.69, 9.17) is 4.42 Å². The maximum absolute atomic E-state index is 10.1. The number of hydrogen-bond donors (Lipinski definition) is 0. The summed E-state index contributed by atoms with van der Waals surface area (Å²) in [7, 11) is 2.05. The first-order chi connectivity index (χ1) is 18.1. The smallest absolute Gasteiger partial charge is 0.216 e. The Morgan fingerprint density at radius 1 is 0.676 bits per heavy atom. The van der Waals surface area contributed by atoms with Gasteiger partial charge in [-0.15, -0.1) is 0 Å². The van der Waals surface area contributed by atoms with Crippen molar-refractivity contribution >= 4 is 43.5 Å². The van der Waals surface area contributed by atoms with E-state index in [1.54, 1.807) is 0 Å². The second kappa shape index (κ2) is 8.05. The molecule has 3 heteroatoms. The zero-order valence-corrected chi connectivity index (χ0v) is 20.6. The molecule has 0 spiro atoms. The van der Waals surface area contributed by atoms with E-state index in [1.807, 2.05) is 37.5 Å². The SMILES string of the molecule is Cc1ccc2c(oc3c(-c4ccc5cc6ccccc6cc5c4)c(C#N)ccc32)c1-c1cccc[n+]1C. The monoisotopic (exact) mass is 475 g/mol. The molecule has 0 bridgehead atoms. The first-order valence-electron chi connectivity index (χ1n) is 12.4. The van der Waals surface area contributed by atoms with Crippen molar-refractivity contribution in [3.63, 3.8) is 0 Å². The Hall–Kier alpha value is -4.94. The van der Waals surface area contributed by atoms with Crippen LogP contribution < -0.4 is 4.57 Å². The van der Waals surface area contributed by atoms with E-state index < -0.39 is 0 Å². The molecule has 0 aliphatic rings. The molecule has 5 aromatic carbocycles. The van der Waals surface area contributed by atoms with Crippen LogP contribution >= 0.6 is 0 Å². The highest BCUT2D eigenvalue weighted by Crippen LogP contribution is 2.42. The minimum absolute atomic E-state index is 0.607. The summed E-state index contributed by atoms with van der Waals surface area (Å²) in [6, 6.07) is 36.1. The molecule has 0 unspecified atom stereocenters. The third-order valence-corrected chi connectivity index (χ3v) is 7.44. The predicted octanol–water partition coefficient (Wildman–Crippen LogP) is 8.23. The molecule has 0 fully saturated rings. The minimum atomic E-state index is 0.607. The molecule has 37 heavy (non-hydrogen) atoms. The summed E-state index contributed by atoms with van der Waals surface area (Å²) in [5, 5.41) is 16.9. The summed E-state index contributed by atoms with van der Waals surface area (Å²) in [5.41, 5.74) is 7.33. The number of fused-ring (bicyclic) bond motifs is 5. The largest absolute Gasteiger partial charge is 0.454 e. The summed E-state index contributed by atoms with van der Waals surface area (Å²) >= 11 is 0. The lowest BCUT2D eigenvalue weighted by Gasteiger charge is -2.08. The Kier molecular flexibility index (Phi) is 4.64. The Morgan fingerprint density at radius 2 is 1.35 bits per heavy atom. The molecule has 0 saturated heterocycles. The van der Waals surface area contributed by atoms with Crippen molar-refractivity contribution in [3.8, 4) is 28.5 Å². The van der Waals surface area contributed by atoms with Gasteiger partial charge in [0.1, 0.15) is 18.2 Å². The van der Waals surface area contributed by atoms with Gasteiger partial charge in [-0.25, -0.2) is 4.57 Å². The molecular formula is C34H23N2O+. The van der Waals surface area contributed by atoms with E-state index in [9.17, 15) is 5.26 Å². The van der Waals surface area contributed by atoms with E-state index in [0.717, 1.165) is 55.3 Å². The Bertz CT molecular complexity index is 2070. The van der Waals surface area contributed by atoms with Crippen LogP contribution in [0.5, 0.6) is 0 Å². The van der Waals surface area contributed by atoms with Crippen molar-refractivity contribution in [1.29, 1.82) is 5.26 Å². The molecule has 0 aliphatic heterocycles. The Balaban J connectivity index is 1.55. The zero-order valence-electron chi connectivity index (χ0n) is 20.6. The highest BCUT2D eigenvalue weighted by Gasteiger charge is 2.23. The third-order valence-electron chi connectivity index (χ3n) is 7.44. The number of furan rings is 1. The van der Waals surface area contributed by atoms with Gasteiger partial charge >= 0.3 is 0 Å². The van der Waals surface area contributed by atoms with Crippen LogP contribution in [0, 0.1) is 18.3 Å². The first kappa shape index (κ1) is 21.4. The van der Waals surface area contributed by atoms with Gasteiger partial charge < -0.3 is 4.42 Å². The quantitative estimate of drug-likeness (QED) is 0.187. The van der Waals surface area contributed by atoms with Crippen LogP contribution in [0.1, 0.15) is 11.1 Å². The van der Waals surface area contributed by atoms with Gasteiger partial charge in [0.05, 0.1) is 17.2 Å².